The van der Waals surface area contributed by atoms with Crippen molar-refractivity contribution in [3.05, 3.63) is 34.7 Å². The summed E-state index contributed by atoms with van der Waals surface area (Å²) in [5.74, 6) is 0.691. The fourth-order valence-corrected chi connectivity index (χ4v) is 5.39. The van der Waals surface area contributed by atoms with Gasteiger partial charge in [-0.2, -0.15) is 0 Å². The van der Waals surface area contributed by atoms with Gasteiger partial charge in [0, 0.05) is 21.8 Å². The van der Waals surface area contributed by atoms with Gasteiger partial charge in [-0.05, 0) is 81.1 Å². The number of nitrogens with zero attached hydrogens (tertiary/aromatic N) is 1. The zero-order valence-electron chi connectivity index (χ0n) is 14.1. The zero-order valence-corrected chi connectivity index (χ0v) is 14.9. The molecule has 3 aliphatic heterocycles. The van der Waals surface area contributed by atoms with Crippen molar-refractivity contribution in [2.45, 2.75) is 45.2 Å². The number of nitrogens with one attached hydrogen (secondary N) is 1. The topological polar surface area (TPSA) is 32.3 Å². The number of aryl methyl sites for hydroxylation is 1. The van der Waals surface area contributed by atoms with Gasteiger partial charge in [-0.3, -0.25) is 9.69 Å². The molecule has 1 aromatic heterocycles. The Kier molecular flexibility index (Phi) is 3.50. The van der Waals surface area contributed by atoms with Crippen LogP contribution < -0.4 is 5.32 Å². The minimum Gasteiger partial charge on any atom is -0.347 e. The minimum absolute atomic E-state index is 0.0560. The van der Waals surface area contributed by atoms with E-state index < -0.39 is 0 Å². The van der Waals surface area contributed by atoms with Gasteiger partial charge in [0.15, 0.2) is 0 Å². The van der Waals surface area contributed by atoms with Crippen molar-refractivity contribution in [2.24, 2.45) is 5.92 Å². The quantitative estimate of drug-likeness (QED) is 0.909. The van der Waals surface area contributed by atoms with Crippen LogP contribution in [-0.4, -0.2) is 35.5 Å². The first kappa shape index (κ1) is 15.2. The number of hydrogen-bond acceptors (Lipinski definition) is 3. The van der Waals surface area contributed by atoms with Crippen molar-refractivity contribution in [1.82, 2.24) is 10.2 Å². The van der Waals surface area contributed by atoms with Crippen LogP contribution >= 0.6 is 11.3 Å². The number of amides is 1. The van der Waals surface area contributed by atoms with Crippen molar-refractivity contribution >= 4 is 27.3 Å². The van der Waals surface area contributed by atoms with Gasteiger partial charge < -0.3 is 5.32 Å². The molecule has 1 aromatic carbocycles. The first-order valence-electron chi connectivity index (χ1n) is 8.50. The summed E-state index contributed by atoms with van der Waals surface area (Å²) in [6.07, 6.45) is 2.41. The summed E-state index contributed by atoms with van der Waals surface area (Å²) in [4.78, 5) is 15.3. The van der Waals surface area contributed by atoms with E-state index in [2.05, 4.69) is 42.4 Å². The Labute approximate surface area is 141 Å². The van der Waals surface area contributed by atoms with E-state index in [0.717, 1.165) is 5.56 Å². The Morgan fingerprint density at radius 2 is 2.04 bits per heavy atom. The molecule has 0 radical (unpaired) electrons. The lowest BCUT2D eigenvalue weighted by Gasteiger charge is -2.56. The van der Waals surface area contributed by atoms with Gasteiger partial charge in [0.25, 0.3) is 5.91 Å². The van der Waals surface area contributed by atoms with Gasteiger partial charge >= 0.3 is 0 Å². The first-order valence-corrected chi connectivity index (χ1v) is 9.38. The monoisotopic (exact) mass is 328 g/mol. The van der Waals surface area contributed by atoms with Crippen LogP contribution in [0.1, 0.15) is 42.6 Å². The SMILES string of the molecule is Cc1csc2cc(C(=O)N[C@@H]3C4CCN(CC4)C3(C)C)ccc12. The number of carbonyl (C=O) groups excluding carboxylic acids is 1. The lowest BCUT2D eigenvalue weighted by molar-refractivity contribution is -0.0378. The van der Waals surface area contributed by atoms with E-state index in [4.69, 9.17) is 0 Å². The standard InChI is InChI=1S/C19H24N2OS/c1-12-11-23-16-10-14(4-5-15(12)16)18(22)20-17-13-6-8-21(9-7-13)19(17,2)3/h4-5,10-11,13,17H,6-9H2,1-3H3,(H,20,22)/t17-/m1/s1. The van der Waals surface area contributed by atoms with Crippen LogP contribution in [0.25, 0.3) is 10.1 Å². The molecule has 3 saturated heterocycles. The van der Waals surface area contributed by atoms with Gasteiger partial charge in [-0.1, -0.05) is 6.07 Å². The zero-order chi connectivity index (χ0) is 16.2. The highest BCUT2D eigenvalue weighted by atomic mass is 32.1. The number of hydrogen-bond donors (Lipinski definition) is 1. The third-order valence-electron chi connectivity index (χ3n) is 5.91. The molecule has 3 nitrogen and oxygen atoms in total. The average Bonchev–Trinajstić information content (AvgIpc) is 2.92. The Morgan fingerprint density at radius 3 is 2.74 bits per heavy atom. The molecule has 0 aliphatic carbocycles. The Hall–Kier alpha value is -1.39. The van der Waals surface area contributed by atoms with E-state index in [1.165, 1.54) is 41.6 Å². The van der Waals surface area contributed by atoms with Gasteiger partial charge in [0.05, 0.1) is 0 Å². The Balaban J connectivity index is 1.59. The van der Waals surface area contributed by atoms with Crippen molar-refractivity contribution in [3.8, 4) is 0 Å². The molecule has 1 amide bonds. The highest BCUT2D eigenvalue weighted by molar-refractivity contribution is 7.17. The molecular formula is C19H24N2OS. The van der Waals surface area contributed by atoms with E-state index >= 15 is 0 Å². The number of piperidine rings is 3. The molecule has 0 spiro atoms. The number of fused-ring (bicyclic) bond motifs is 4. The highest BCUT2D eigenvalue weighted by Gasteiger charge is 2.48. The molecule has 122 valence electrons. The van der Waals surface area contributed by atoms with Crippen LogP contribution in [0.15, 0.2) is 23.6 Å². The lowest BCUT2D eigenvalue weighted by Crippen LogP contribution is -2.69. The van der Waals surface area contributed by atoms with E-state index in [1.807, 2.05) is 12.1 Å². The molecule has 2 bridgehead atoms. The predicted octanol–water partition coefficient (Wildman–Crippen LogP) is 3.81. The van der Waals surface area contributed by atoms with Crippen LogP contribution in [0.3, 0.4) is 0 Å². The third kappa shape index (κ3) is 2.39. The van der Waals surface area contributed by atoms with Crippen LogP contribution in [0, 0.1) is 12.8 Å². The van der Waals surface area contributed by atoms with E-state index in [0.29, 0.717) is 5.92 Å². The lowest BCUT2D eigenvalue weighted by atomic mass is 9.72. The molecule has 5 rings (SSSR count). The van der Waals surface area contributed by atoms with E-state index in [9.17, 15) is 4.79 Å². The second kappa shape index (κ2) is 5.32. The first-order chi connectivity index (χ1) is 11.0. The normalized spacial score (nSPS) is 28.9. The fourth-order valence-electron chi connectivity index (χ4n) is 4.40. The molecule has 4 heteroatoms. The number of thiophene rings is 1. The molecule has 0 unspecified atom stereocenters. The fraction of sp³-hybridized carbons (Fsp3) is 0.526. The van der Waals surface area contributed by atoms with Crippen LogP contribution in [0.4, 0.5) is 0 Å². The summed E-state index contributed by atoms with van der Waals surface area (Å²) in [6.45, 7) is 9.01. The number of rotatable bonds is 2. The largest absolute Gasteiger partial charge is 0.347 e. The molecule has 4 heterocycles. The number of carbonyl (C=O) groups is 1. The summed E-state index contributed by atoms with van der Waals surface area (Å²) >= 11 is 1.72. The summed E-state index contributed by atoms with van der Waals surface area (Å²) < 4.78 is 1.20. The van der Waals surface area contributed by atoms with Crippen molar-refractivity contribution in [3.63, 3.8) is 0 Å². The van der Waals surface area contributed by atoms with Crippen molar-refractivity contribution < 1.29 is 4.79 Å². The van der Waals surface area contributed by atoms with Crippen molar-refractivity contribution in [2.75, 3.05) is 13.1 Å². The second-order valence-corrected chi connectivity index (χ2v) is 8.47. The third-order valence-corrected chi connectivity index (χ3v) is 6.97. The smallest absolute Gasteiger partial charge is 0.251 e. The summed E-state index contributed by atoms with van der Waals surface area (Å²) in [5, 5.41) is 6.77. The molecule has 1 atom stereocenters. The molecule has 0 saturated carbocycles. The van der Waals surface area contributed by atoms with Gasteiger partial charge in [0.1, 0.15) is 0 Å². The average molecular weight is 328 g/mol. The molecule has 2 aromatic rings. The molecular weight excluding hydrogens is 304 g/mol. The predicted molar refractivity (Wildman–Crippen MR) is 96.2 cm³/mol. The van der Waals surface area contributed by atoms with Crippen molar-refractivity contribution in [1.29, 1.82) is 0 Å². The van der Waals surface area contributed by atoms with Crippen LogP contribution in [0.2, 0.25) is 0 Å². The summed E-state index contributed by atoms with van der Waals surface area (Å²) in [5.41, 5.74) is 2.13. The van der Waals surface area contributed by atoms with Gasteiger partial charge in [0.2, 0.25) is 0 Å². The van der Waals surface area contributed by atoms with E-state index in [-0.39, 0.29) is 17.5 Å². The summed E-state index contributed by atoms with van der Waals surface area (Å²) in [6, 6.07) is 6.33. The van der Waals surface area contributed by atoms with Gasteiger partial charge in [-0.15, -0.1) is 11.3 Å². The molecule has 3 fully saturated rings. The molecule has 23 heavy (non-hydrogen) atoms. The van der Waals surface area contributed by atoms with Crippen LogP contribution in [-0.2, 0) is 0 Å². The Morgan fingerprint density at radius 1 is 1.30 bits per heavy atom. The van der Waals surface area contributed by atoms with Crippen LogP contribution in [0.5, 0.6) is 0 Å². The molecule has 3 aliphatic rings. The Bertz CT molecular complexity index is 756. The minimum atomic E-state index is 0.0560. The van der Waals surface area contributed by atoms with Gasteiger partial charge in [-0.25, -0.2) is 0 Å². The highest BCUT2D eigenvalue weighted by Crippen LogP contribution is 2.39. The molecule has 1 N–H and O–H groups in total. The number of benzene rings is 1. The maximum atomic E-state index is 12.8. The maximum Gasteiger partial charge on any atom is 0.251 e. The second-order valence-electron chi connectivity index (χ2n) is 7.56. The summed E-state index contributed by atoms with van der Waals surface area (Å²) in [7, 11) is 0. The maximum absolute atomic E-state index is 12.8. The van der Waals surface area contributed by atoms with E-state index in [1.54, 1.807) is 11.3 Å².